The summed E-state index contributed by atoms with van der Waals surface area (Å²) in [6, 6.07) is 7.52. The average molecular weight is 649 g/mol. The number of fused-ring (bicyclic) bond motifs is 3. The summed E-state index contributed by atoms with van der Waals surface area (Å²) in [4.78, 5) is 28.1. The van der Waals surface area contributed by atoms with E-state index in [1.807, 2.05) is 32.9 Å². The maximum absolute atomic E-state index is 13.9. The number of anilines is 1. The minimum absolute atomic E-state index is 0.0446. The Morgan fingerprint density at radius 1 is 1.02 bits per heavy atom. The summed E-state index contributed by atoms with van der Waals surface area (Å²) in [6.07, 6.45) is -7.29. The van der Waals surface area contributed by atoms with Gasteiger partial charge in [0, 0.05) is 0 Å². The van der Waals surface area contributed by atoms with Crippen LogP contribution < -0.4 is 4.90 Å². The van der Waals surface area contributed by atoms with Crippen LogP contribution in [0.3, 0.4) is 0 Å². The van der Waals surface area contributed by atoms with E-state index in [1.54, 1.807) is 18.2 Å². The van der Waals surface area contributed by atoms with Gasteiger partial charge in [-0.3, -0.25) is 9.59 Å². The van der Waals surface area contributed by atoms with Gasteiger partial charge < -0.3 is 14.8 Å². The Bertz CT molecular complexity index is 1550. The van der Waals surface area contributed by atoms with E-state index in [9.17, 15) is 46.1 Å². The van der Waals surface area contributed by atoms with E-state index in [1.165, 1.54) is 0 Å². The lowest BCUT2D eigenvalue weighted by atomic mass is 9.57. The van der Waals surface area contributed by atoms with Gasteiger partial charge >= 0.3 is 19.5 Å². The minimum Gasteiger partial charge on any atom is -0.508 e. The Balaban J connectivity index is 1.50. The predicted molar refractivity (Wildman–Crippen MR) is 159 cm³/mol. The molecule has 1 aliphatic carbocycles. The molecule has 46 heavy (non-hydrogen) atoms. The third kappa shape index (κ3) is 6.62. The standard InChI is InChI=1S/C33H34BF6NO5/c1-4-18(10-19-6-5-7-23(42)11-19)8-9-27-28-24(17(2)3)15-25-29(26(28)16-34(45)46-27)31(44)41(30(25)43)22-13-20(32(35,36)37)12-21(14-22)33(38,39)40/h5-7,10-14,17,25-27,29,42,45H,4,8-9,15-16H2,1-3H3/b18-10+/t25-,26+,27-,29-/m1/s1. The van der Waals surface area contributed by atoms with Crippen molar-refractivity contribution in [1.82, 2.24) is 0 Å². The van der Waals surface area contributed by atoms with E-state index in [0.29, 0.717) is 36.3 Å². The summed E-state index contributed by atoms with van der Waals surface area (Å²) in [7, 11) is -1.30. The largest absolute Gasteiger partial charge is 0.508 e. The smallest absolute Gasteiger partial charge is 0.455 e. The maximum atomic E-state index is 13.9. The van der Waals surface area contributed by atoms with Gasteiger partial charge in [-0.05, 0) is 85.3 Å². The molecule has 2 saturated heterocycles. The zero-order valence-corrected chi connectivity index (χ0v) is 25.5. The summed E-state index contributed by atoms with van der Waals surface area (Å²) in [5, 5.41) is 20.6. The second kappa shape index (κ2) is 12.6. The van der Waals surface area contributed by atoms with Gasteiger partial charge in [-0.1, -0.05) is 50.1 Å². The molecule has 2 heterocycles. The molecule has 2 amide bonds. The van der Waals surface area contributed by atoms with Gasteiger partial charge in [0.15, 0.2) is 0 Å². The summed E-state index contributed by atoms with van der Waals surface area (Å²) >= 11 is 0. The molecule has 3 aliphatic rings. The summed E-state index contributed by atoms with van der Waals surface area (Å²) in [5.74, 6) is -4.53. The van der Waals surface area contributed by atoms with Crippen molar-refractivity contribution in [3.63, 3.8) is 0 Å². The predicted octanol–water partition coefficient (Wildman–Crippen LogP) is 7.66. The van der Waals surface area contributed by atoms with Crippen LogP contribution in [0.2, 0.25) is 6.32 Å². The molecule has 6 nitrogen and oxygen atoms in total. The van der Waals surface area contributed by atoms with Gasteiger partial charge in [0.05, 0.1) is 34.8 Å². The van der Waals surface area contributed by atoms with E-state index in [2.05, 4.69) is 0 Å². The lowest BCUT2D eigenvalue weighted by Crippen LogP contribution is -2.46. The number of carbonyl (C=O) groups is 2. The third-order valence-electron chi connectivity index (χ3n) is 9.19. The molecule has 2 N–H and O–H groups in total. The quantitative estimate of drug-likeness (QED) is 0.139. The first-order valence-corrected chi connectivity index (χ1v) is 15.2. The number of rotatable bonds is 7. The zero-order chi connectivity index (χ0) is 33.7. The van der Waals surface area contributed by atoms with Crippen LogP contribution in [-0.2, 0) is 26.6 Å². The highest BCUT2D eigenvalue weighted by molar-refractivity contribution is 6.43. The van der Waals surface area contributed by atoms with Crippen LogP contribution in [0.1, 0.15) is 63.1 Å². The maximum Gasteiger partial charge on any atom is 0.455 e. The molecule has 13 heteroatoms. The number of alkyl halides is 6. The molecule has 5 rings (SSSR count). The molecular formula is C33H34BF6NO5. The highest BCUT2D eigenvalue weighted by Gasteiger charge is 2.58. The van der Waals surface area contributed by atoms with Gasteiger partial charge in [0.2, 0.25) is 11.8 Å². The molecule has 2 aromatic rings. The second-order valence-electron chi connectivity index (χ2n) is 12.5. The first-order valence-electron chi connectivity index (χ1n) is 15.2. The van der Waals surface area contributed by atoms with Gasteiger partial charge in [-0.15, -0.1) is 0 Å². The highest BCUT2D eigenvalue weighted by Crippen LogP contribution is 2.53. The van der Waals surface area contributed by atoms with E-state index >= 15 is 0 Å². The van der Waals surface area contributed by atoms with Gasteiger partial charge in [0.1, 0.15) is 5.75 Å². The molecule has 0 unspecified atom stereocenters. The zero-order valence-electron chi connectivity index (χ0n) is 25.5. The van der Waals surface area contributed by atoms with Crippen molar-refractivity contribution in [2.24, 2.45) is 23.7 Å². The molecule has 0 saturated carbocycles. The first-order chi connectivity index (χ1) is 21.5. The minimum atomic E-state index is -5.15. The number of nitrogens with zero attached hydrogens (tertiary/aromatic N) is 1. The lowest BCUT2D eigenvalue weighted by Gasteiger charge is -2.44. The van der Waals surface area contributed by atoms with Crippen molar-refractivity contribution in [2.75, 3.05) is 4.90 Å². The summed E-state index contributed by atoms with van der Waals surface area (Å²) < 4.78 is 87.8. The normalized spacial score (nSPS) is 24.2. The summed E-state index contributed by atoms with van der Waals surface area (Å²) in [6.45, 7) is 5.79. The van der Waals surface area contributed by atoms with Crippen molar-refractivity contribution in [3.8, 4) is 5.75 Å². The number of phenolic OH excluding ortho intramolecular Hbond substituents is 1. The van der Waals surface area contributed by atoms with Gasteiger partial charge in [0.25, 0.3) is 0 Å². The number of hydrogen-bond donors (Lipinski definition) is 2. The van der Waals surface area contributed by atoms with Crippen LogP contribution in [-0.4, -0.2) is 35.2 Å². The van der Waals surface area contributed by atoms with Crippen molar-refractivity contribution in [1.29, 1.82) is 0 Å². The molecule has 0 spiro atoms. The van der Waals surface area contributed by atoms with Crippen LogP contribution in [0.5, 0.6) is 5.75 Å². The number of allylic oxidation sites excluding steroid dienone is 2. The fraction of sp³-hybridized carbons (Fsp3) is 0.455. The van der Waals surface area contributed by atoms with Crippen LogP contribution in [0.15, 0.2) is 59.2 Å². The number of imide groups is 1. The Morgan fingerprint density at radius 2 is 1.67 bits per heavy atom. The number of carbonyl (C=O) groups excluding carboxylic acids is 2. The molecule has 2 aliphatic heterocycles. The topological polar surface area (TPSA) is 87.1 Å². The Labute approximate surface area is 262 Å². The molecule has 2 fully saturated rings. The van der Waals surface area contributed by atoms with Crippen LogP contribution in [0, 0.1) is 23.7 Å². The first kappa shape index (κ1) is 33.8. The molecule has 2 aromatic carbocycles. The van der Waals surface area contributed by atoms with Crippen molar-refractivity contribution < 1.29 is 50.7 Å². The van der Waals surface area contributed by atoms with Crippen LogP contribution in [0.4, 0.5) is 32.0 Å². The van der Waals surface area contributed by atoms with Gasteiger partial charge in [-0.2, -0.15) is 26.3 Å². The number of amides is 2. The van der Waals surface area contributed by atoms with E-state index in [4.69, 9.17) is 4.65 Å². The molecule has 0 bridgehead atoms. The Morgan fingerprint density at radius 3 is 2.24 bits per heavy atom. The van der Waals surface area contributed by atoms with E-state index in [0.717, 1.165) is 22.3 Å². The van der Waals surface area contributed by atoms with Crippen LogP contribution >= 0.6 is 0 Å². The monoisotopic (exact) mass is 649 g/mol. The fourth-order valence-electron chi connectivity index (χ4n) is 7.09. The number of benzene rings is 2. The molecular weight excluding hydrogens is 615 g/mol. The summed E-state index contributed by atoms with van der Waals surface area (Å²) in [5.41, 5.74) is -0.593. The van der Waals surface area contributed by atoms with Crippen molar-refractivity contribution >= 4 is 30.7 Å². The molecule has 246 valence electrons. The third-order valence-corrected chi connectivity index (χ3v) is 9.19. The number of phenols is 1. The second-order valence-corrected chi connectivity index (χ2v) is 12.5. The molecule has 4 atom stereocenters. The molecule has 0 aromatic heterocycles. The van der Waals surface area contributed by atoms with Crippen LogP contribution in [0.25, 0.3) is 6.08 Å². The SMILES string of the molecule is CC/C(=C\c1cccc(O)c1)CC[C@H]1OB(O)C[C@H]2C1=C(C(C)C)C[C@H]1C(=O)N(c3cc(C(F)(F)F)cc(C(F)(F)F)c3)C(=O)[C@H]12. The van der Waals surface area contributed by atoms with Gasteiger partial charge in [-0.25, -0.2) is 4.90 Å². The van der Waals surface area contributed by atoms with Crippen molar-refractivity contribution in [3.05, 3.63) is 75.9 Å². The van der Waals surface area contributed by atoms with E-state index < -0.39 is 72.0 Å². The highest BCUT2D eigenvalue weighted by atomic mass is 19.4. The van der Waals surface area contributed by atoms with E-state index in [-0.39, 0.29) is 30.5 Å². The fourth-order valence-corrected chi connectivity index (χ4v) is 7.09. The number of hydrogen-bond acceptors (Lipinski definition) is 5. The Kier molecular flexibility index (Phi) is 9.22. The Hall–Kier alpha value is -3.58. The number of aromatic hydroxyl groups is 1. The number of halogens is 6. The lowest BCUT2D eigenvalue weighted by molar-refractivity contribution is -0.143. The van der Waals surface area contributed by atoms with Crippen molar-refractivity contribution in [2.45, 2.75) is 71.2 Å². The molecule has 0 radical (unpaired) electrons. The average Bonchev–Trinajstić information content (AvgIpc) is 3.22.